The lowest BCUT2D eigenvalue weighted by atomic mass is 9.90. The van der Waals surface area contributed by atoms with E-state index >= 15 is 0 Å². The Morgan fingerprint density at radius 2 is 2.00 bits per heavy atom. The maximum Gasteiger partial charge on any atom is 0.416 e. The first-order valence-corrected chi connectivity index (χ1v) is 9.41. The molecule has 0 aliphatic carbocycles. The summed E-state index contributed by atoms with van der Waals surface area (Å²) in [7, 11) is 1.34. The van der Waals surface area contributed by atoms with Crippen molar-refractivity contribution in [1.82, 2.24) is 9.80 Å². The van der Waals surface area contributed by atoms with Crippen molar-refractivity contribution in [2.45, 2.75) is 44.7 Å². The van der Waals surface area contributed by atoms with E-state index in [0.717, 1.165) is 18.4 Å². The van der Waals surface area contributed by atoms with Crippen LogP contribution in [-0.4, -0.2) is 60.2 Å². The Morgan fingerprint density at radius 1 is 1.26 bits per heavy atom. The van der Waals surface area contributed by atoms with Crippen LogP contribution in [0.5, 0.6) is 0 Å². The molecule has 2 aliphatic heterocycles. The van der Waals surface area contributed by atoms with Crippen LogP contribution in [0.1, 0.15) is 31.7 Å². The third kappa shape index (κ3) is 4.07. The molecule has 7 heteroatoms. The summed E-state index contributed by atoms with van der Waals surface area (Å²) in [6, 6.07) is 9.12. The summed E-state index contributed by atoms with van der Waals surface area (Å²) in [6.45, 7) is 2.53. The number of methoxy groups -OCH3 is 1. The van der Waals surface area contributed by atoms with Gasteiger partial charge in [0.1, 0.15) is 6.61 Å². The van der Waals surface area contributed by atoms with Crippen molar-refractivity contribution in [3.05, 3.63) is 35.9 Å². The van der Waals surface area contributed by atoms with Crippen molar-refractivity contribution in [2.75, 3.05) is 20.3 Å². The number of hydrogen-bond acceptors (Lipinski definition) is 5. The molecule has 146 valence electrons. The molecule has 3 rings (SSSR count). The highest BCUT2D eigenvalue weighted by Crippen LogP contribution is 2.28. The van der Waals surface area contributed by atoms with E-state index in [-0.39, 0.29) is 24.6 Å². The van der Waals surface area contributed by atoms with Gasteiger partial charge in [0, 0.05) is 12.6 Å². The highest BCUT2D eigenvalue weighted by atomic mass is 16.6. The van der Waals surface area contributed by atoms with Crippen LogP contribution in [-0.2, 0) is 20.7 Å². The van der Waals surface area contributed by atoms with E-state index in [1.54, 1.807) is 11.8 Å². The summed E-state index contributed by atoms with van der Waals surface area (Å²) in [4.78, 5) is 40.3. The zero-order valence-electron chi connectivity index (χ0n) is 15.8. The third-order valence-corrected chi connectivity index (χ3v) is 5.44. The van der Waals surface area contributed by atoms with E-state index in [0.29, 0.717) is 19.4 Å². The fraction of sp³-hybridized carbons (Fsp3) is 0.550. The van der Waals surface area contributed by atoms with Crippen LogP contribution >= 0.6 is 0 Å². The molecule has 0 saturated carbocycles. The van der Waals surface area contributed by atoms with Crippen molar-refractivity contribution in [3.63, 3.8) is 0 Å². The fourth-order valence-corrected chi connectivity index (χ4v) is 3.97. The zero-order valence-corrected chi connectivity index (χ0v) is 15.8. The second kappa shape index (κ2) is 8.41. The molecule has 0 unspecified atom stereocenters. The quantitative estimate of drug-likeness (QED) is 0.810. The number of nitrogens with zero attached hydrogens (tertiary/aromatic N) is 2. The first-order valence-electron chi connectivity index (χ1n) is 9.41. The van der Waals surface area contributed by atoms with Gasteiger partial charge in [-0.15, -0.1) is 0 Å². The molecule has 3 atom stereocenters. The van der Waals surface area contributed by atoms with Crippen LogP contribution in [0.25, 0.3) is 0 Å². The zero-order chi connectivity index (χ0) is 19.4. The van der Waals surface area contributed by atoms with Gasteiger partial charge >= 0.3 is 12.2 Å². The molecule has 1 aromatic rings. The van der Waals surface area contributed by atoms with Crippen molar-refractivity contribution in [2.24, 2.45) is 5.92 Å². The number of carbonyl (C=O) groups is 3. The maximum absolute atomic E-state index is 13.2. The lowest BCUT2D eigenvalue weighted by molar-refractivity contribution is -0.135. The van der Waals surface area contributed by atoms with E-state index in [1.807, 2.05) is 30.3 Å². The number of carbonyl (C=O) groups excluding carboxylic acids is 3. The Morgan fingerprint density at radius 3 is 2.70 bits per heavy atom. The Balaban J connectivity index is 1.75. The molecular weight excluding hydrogens is 348 g/mol. The molecule has 2 saturated heterocycles. The molecule has 0 N–H and O–H groups in total. The number of imide groups is 1. The van der Waals surface area contributed by atoms with Gasteiger partial charge in [-0.1, -0.05) is 37.3 Å². The highest BCUT2D eigenvalue weighted by Gasteiger charge is 2.43. The van der Waals surface area contributed by atoms with E-state index in [9.17, 15) is 14.4 Å². The molecule has 2 fully saturated rings. The number of ether oxygens (including phenoxy) is 2. The smallest absolute Gasteiger partial charge is 0.416 e. The van der Waals surface area contributed by atoms with E-state index < -0.39 is 18.1 Å². The number of cyclic esters (lactones) is 1. The lowest BCUT2D eigenvalue weighted by Crippen LogP contribution is -2.53. The standard InChI is InChI=1S/C20H26N2O5/c1-14(17-10-6-7-11-21(17)19(24)26-2)18(23)22-16(13-27-20(22)25)12-15-8-4-3-5-9-15/h3-5,8-9,14,16-17H,6-7,10-13H2,1-2H3/t14-,16+,17+/m0/s1. The average Bonchev–Trinajstić information content (AvgIpc) is 3.07. The van der Waals surface area contributed by atoms with Gasteiger partial charge in [-0.2, -0.15) is 0 Å². The van der Waals surface area contributed by atoms with Crippen molar-refractivity contribution >= 4 is 18.1 Å². The number of rotatable bonds is 4. The van der Waals surface area contributed by atoms with Crippen LogP contribution in [0.2, 0.25) is 0 Å². The summed E-state index contributed by atoms with van der Waals surface area (Å²) in [5.41, 5.74) is 1.04. The van der Waals surface area contributed by atoms with Crippen molar-refractivity contribution in [3.8, 4) is 0 Å². The molecular formula is C20H26N2O5. The minimum Gasteiger partial charge on any atom is -0.453 e. The molecule has 2 heterocycles. The van der Waals surface area contributed by atoms with Gasteiger partial charge in [0.2, 0.25) is 5.91 Å². The van der Waals surface area contributed by atoms with Crippen LogP contribution in [0.3, 0.4) is 0 Å². The number of benzene rings is 1. The SMILES string of the molecule is COC(=O)N1CCCC[C@@H]1[C@H](C)C(=O)N1C(=O)OC[C@H]1Cc1ccccc1. The predicted octanol–water partition coefficient (Wildman–Crippen LogP) is 2.83. The minimum atomic E-state index is -0.604. The molecule has 7 nitrogen and oxygen atoms in total. The Hall–Kier alpha value is -2.57. The molecule has 0 aromatic heterocycles. The van der Waals surface area contributed by atoms with Gasteiger partial charge < -0.3 is 14.4 Å². The second-order valence-electron chi connectivity index (χ2n) is 7.14. The summed E-state index contributed by atoms with van der Waals surface area (Å²) in [5.74, 6) is -0.799. The van der Waals surface area contributed by atoms with Gasteiger partial charge in [-0.25, -0.2) is 14.5 Å². The van der Waals surface area contributed by atoms with Crippen molar-refractivity contribution < 1.29 is 23.9 Å². The number of hydrogen-bond donors (Lipinski definition) is 0. The van der Waals surface area contributed by atoms with Crippen LogP contribution in [0, 0.1) is 5.92 Å². The average molecular weight is 374 g/mol. The molecule has 3 amide bonds. The molecule has 0 radical (unpaired) electrons. The third-order valence-electron chi connectivity index (χ3n) is 5.44. The summed E-state index contributed by atoms with van der Waals surface area (Å²) >= 11 is 0. The van der Waals surface area contributed by atoms with Gasteiger partial charge in [0.05, 0.1) is 19.1 Å². The Bertz CT molecular complexity index is 693. The summed E-state index contributed by atoms with van der Waals surface area (Å²) in [6.07, 6.45) is 2.06. The topological polar surface area (TPSA) is 76.2 Å². The number of piperidine rings is 1. The van der Waals surface area contributed by atoms with Crippen LogP contribution in [0.4, 0.5) is 9.59 Å². The predicted molar refractivity (Wildman–Crippen MR) is 98.0 cm³/mol. The monoisotopic (exact) mass is 374 g/mol. The first-order chi connectivity index (χ1) is 13.0. The maximum atomic E-state index is 13.2. The van der Waals surface area contributed by atoms with Crippen LogP contribution < -0.4 is 0 Å². The van der Waals surface area contributed by atoms with E-state index in [4.69, 9.17) is 9.47 Å². The van der Waals surface area contributed by atoms with Crippen LogP contribution in [0.15, 0.2) is 30.3 Å². The largest absolute Gasteiger partial charge is 0.453 e. The Kier molecular flexibility index (Phi) is 5.98. The normalized spacial score (nSPS) is 23.7. The van der Waals surface area contributed by atoms with E-state index in [2.05, 4.69) is 0 Å². The summed E-state index contributed by atoms with van der Waals surface area (Å²) < 4.78 is 10.0. The highest BCUT2D eigenvalue weighted by molar-refractivity contribution is 5.95. The number of amides is 3. The molecule has 0 spiro atoms. The fourth-order valence-electron chi connectivity index (χ4n) is 3.97. The van der Waals surface area contributed by atoms with Gasteiger partial charge in [0.15, 0.2) is 0 Å². The van der Waals surface area contributed by atoms with E-state index in [1.165, 1.54) is 12.0 Å². The van der Waals surface area contributed by atoms with Gasteiger partial charge in [0.25, 0.3) is 0 Å². The number of likely N-dealkylation sites (tertiary alicyclic amines) is 1. The first kappa shape index (κ1) is 19.2. The summed E-state index contributed by atoms with van der Waals surface area (Å²) in [5, 5.41) is 0. The van der Waals surface area contributed by atoms with Crippen molar-refractivity contribution in [1.29, 1.82) is 0 Å². The minimum absolute atomic E-state index is 0.192. The molecule has 1 aromatic carbocycles. The lowest BCUT2D eigenvalue weighted by Gasteiger charge is -2.38. The van der Waals surface area contributed by atoms with Gasteiger partial charge in [-0.05, 0) is 31.2 Å². The molecule has 2 aliphatic rings. The Labute approximate surface area is 159 Å². The van der Waals surface area contributed by atoms with Gasteiger partial charge in [-0.3, -0.25) is 4.79 Å². The second-order valence-corrected chi connectivity index (χ2v) is 7.14. The molecule has 27 heavy (non-hydrogen) atoms. The molecule has 0 bridgehead atoms.